The van der Waals surface area contributed by atoms with E-state index in [0.29, 0.717) is 0 Å². The van der Waals surface area contributed by atoms with E-state index in [0.717, 1.165) is 0 Å². The minimum atomic E-state index is -1.77. The SMILES string of the molecule is CCCCCCCCCCCCCCCCCCCCCCCCCCCCCCCCCCCCCCCCCCCCCCCCCCCP(C)(C)(C)Cl. The molecule has 0 unspecified atom stereocenters. The van der Waals surface area contributed by atoms with Gasteiger partial charge in [-0.1, -0.05) is 251 Å². The summed E-state index contributed by atoms with van der Waals surface area (Å²) in [4.78, 5) is 0. The first-order valence-electron chi connectivity index (χ1n) is 27.0. The van der Waals surface area contributed by atoms with E-state index in [1.54, 1.807) is 0 Å². The van der Waals surface area contributed by atoms with Crippen molar-refractivity contribution >= 4 is 17.2 Å². The summed E-state index contributed by atoms with van der Waals surface area (Å²) in [6.07, 6.45) is 73.7. The second-order valence-corrected chi connectivity index (χ2v) is 30.7. The third-order valence-corrected chi connectivity index (χ3v) is 15.4. The predicted molar refractivity (Wildman–Crippen MR) is 267 cm³/mol. The molecule has 0 saturated heterocycles. The summed E-state index contributed by atoms with van der Waals surface area (Å²) < 4.78 is 0. The van der Waals surface area contributed by atoms with E-state index >= 15 is 0 Å². The quantitative estimate of drug-likeness (QED) is 0.0423. The van der Waals surface area contributed by atoms with Crippen molar-refractivity contribution in [1.29, 1.82) is 0 Å². The van der Waals surface area contributed by atoms with E-state index < -0.39 is 5.96 Å². The molecule has 0 rings (SSSR count). The van der Waals surface area contributed by atoms with Crippen LogP contribution in [0.3, 0.4) is 0 Å². The first-order chi connectivity index (χ1) is 27.3. The molecular weight excluding hydrogens is 715 g/mol. The molecule has 340 valence electrons. The molecule has 2 heteroatoms. The van der Waals surface area contributed by atoms with Crippen molar-refractivity contribution < 1.29 is 0 Å². The Morgan fingerprint density at radius 3 is 0.411 bits per heavy atom. The molecule has 0 saturated carbocycles. The van der Waals surface area contributed by atoms with Crippen LogP contribution in [0, 0.1) is 0 Å². The number of hydrogen-bond acceptors (Lipinski definition) is 0. The maximum absolute atomic E-state index is 6.66. The summed E-state index contributed by atoms with van der Waals surface area (Å²) in [5, 5.41) is 0. The van der Waals surface area contributed by atoms with Crippen LogP contribution in [-0.2, 0) is 0 Å². The van der Waals surface area contributed by atoms with Crippen LogP contribution in [0.1, 0.15) is 322 Å². The van der Waals surface area contributed by atoms with E-state index in [4.69, 9.17) is 11.2 Å². The fourth-order valence-corrected chi connectivity index (χ4v) is 10.7. The molecule has 0 N–H and O–H groups in total. The van der Waals surface area contributed by atoms with Gasteiger partial charge in [-0.05, 0) is 0 Å². The van der Waals surface area contributed by atoms with Crippen LogP contribution in [-0.4, -0.2) is 26.2 Å². The van der Waals surface area contributed by atoms with E-state index in [-0.39, 0.29) is 0 Å². The third kappa shape index (κ3) is 54.7. The molecule has 0 heterocycles. The fraction of sp³-hybridized carbons (Fsp3) is 1.00. The van der Waals surface area contributed by atoms with E-state index in [9.17, 15) is 0 Å². The van der Waals surface area contributed by atoms with Crippen LogP contribution >= 0.6 is 17.2 Å². The molecule has 0 spiro atoms. The Hall–Kier alpha value is 0.720. The number of rotatable bonds is 50. The molecule has 0 aromatic rings. The monoisotopic (exact) mass is 827 g/mol. The molecule has 56 heavy (non-hydrogen) atoms. The molecule has 0 fully saturated rings. The van der Waals surface area contributed by atoms with Gasteiger partial charge < -0.3 is 0 Å². The van der Waals surface area contributed by atoms with Gasteiger partial charge in [0.2, 0.25) is 0 Å². The van der Waals surface area contributed by atoms with Gasteiger partial charge in [-0.15, -0.1) is 0 Å². The van der Waals surface area contributed by atoms with Gasteiger partial charge >= 0.3 is 114 Å². The summed E-state index contributed by atoms with van der Waals surface area (Å²) in [5.41, 5.74) is 0. The summed E-state index contributed by atoms with van der Waals surface area (Å²) >= 11 is 6.66. The van der Waals surface area contributed by atoms with Gasteiger partial charge in [-0.25, -0.2) is 0 Å². The Labute approximate surface area is 363 Å². The van der Waals surface area contributed by atoms with Crippen LogP contribution in [0.25, 0.3) is 0 Å². The summed E-state index contributed by atoms with van der Waals surface area (Å²) in [7, 11) is 0. The van der Waals surface area contributed by atoms with Gasteiger partial charge in [-0.3, -0.25) is 0 Å². The molecule has 0 radical (unpaired) electrons. The normalized spacial score (nSPS) is 12.8. The fourth-order valence-electron chi connectivity index (χ4n) is 9.03. The second-order valence-electron chi connectivity index (χ2n) is 20.6. The van der Waals surface area contributed by atoms with Gasteiger partial charge in [0.15, 0.2) is 0 Å². The van der Waals surface area contributed by atoms with Crippen molar-refractivity contribution in [3.05, 3.63) is 0 Å². The molecule has 0 aliphatic carbocycles. The Balaban J connectivity index is 3.08. The summed E-state index contributed by atoms with van der Waals surface area (Å²) in [6.45, 7) is 9.19. The summed E-state index contributed by atoms with van der Waals surface area (Å²) in [5.74, 6) is -1.77. The average Bonchev–Trinajstić information content (AvgIpc) is 3.16. The van der Waals surface area contributed by atoms with Crippen molar-refractivity contribution in [2.24, 2.45) is 0 Å². The van der Waals surface area contributed by atoms with Crippen LogP contribution < -0.4 is 0 Å². The Morgan fingerprint density at radius 1 is 0.196 bits per heavy atom. The Kier molecular flexibility index (Phi) is 45.8. The van der Waals surface area contributed by atoms with Crippen LogP contribution in [0.5, 0.6) is 0 Å². The van der Waals surface area contributed by atoms with Gasteiger partial charge in [0.25, 0.3) is 0 Å². The van der Waals surface area contributed by atoms with Gasteiger partial charge in [0.1, 0.15) is 0 Å². The Morgan fingerprint density at radius 2 is 0.304 bits per heavy atom. The van der Waals surface area contributed by atoms with Crippen molar-refractivity contribution in [2.75, 3.05) is 26.2 Å². The summed E-state index contributed by atoms with van der Waals surface area (Å²) in [6, 6.07) is 0. The van der Waals surface area contributed by atoms with Crippen LogP contribution in [0.15, 0.2) is 0 Å². The number of halogens is 1. The van der Waals surface area contributed by atoms with Gasteiger partial charge in [0, 0.05) is 0 Å². The second kappa shape index (κ2) is 45.3. The number of hydrogen-bond donors (Lipinski definition) is 0. The molecule has 0 aliphatic rings. The molecule has 0 amide bonds. The molecular formula is C54H112ClP. The van der Waals surface area contributed by atoms with Gasteiger partial charge in [-0.2, -0.15) is 0 Å². The van der Waals surface area contributed by atoms with Crippen molar-refractivity contribution in [2.45, 2.75) is 322 Å². The topological polar surface area (TPSA) is 0 Å². The number of unbranched alkanes of at least 4 members (excludes halogenated alkanes) is 48. The molecule has 0 aromatic heterocycles. The molecule has 0 nitrogen and oxygen atoms in total. The first kappa shape index (κ1) is 56.7. The van der Waals surface area contributed by atoms with Crippen LogP contribution in [0.4, 0.5) is 0 Å². The molecule has 0 aliphatic heterocycles. The van der Waals surface area contributed by atoms with E-state index in [1.807, 2.05) is 0 Å². The Bertz CT molecular complexity index is 700. The van der Waals surface area contributed by atoms with Crippen molar-refractivity contribution in [1.82, 2.24) is 0 Å². The minimum absolute atomic E-state index is 1.26. The van der Waals surface area contributed by atoms with E-state index in [2.05, 4.69) is 26.9 Å². The maximum atomic E-state index is 6.66. The van der Waals surface area contributed by atoms with Gasteiger partial charge in [0.05, 0.1) is 0 Å². The predicted octanol–water partition coefficient (Wildman–Crippen LogP) is 21.7. The van der Waals surface area contributed by atoms with E-state index in [1.165, 1.54) is 321 Å². The molecule has 0 aromatic carbocycles. The third-order valence-electron chi connectivity index (χ3n) is 13.0. The van der Waals surface area contributed by atoms with Crippen LogP contribution in [0.2, 0.25) is 0 Å². The van der Waals surface area contributed by atoms with Crippen molar-refractivity contribution in [3.8, 4) is 0 Å². The zero-order chi connectivity index (χ0) is 40.8. The molecule has 0 atom stereocenters. The van der Waals surface area contributed by atoms with Crippen molar-refractivity contribution in [3.63, 3.8) is 0 Å². The molecule has 0 bridgehead atoms. The first-order valence-corrected chi connectivity index (χ1v) is 31.7. The zero-order valence-electron chi connectivity index (χ0n) is 40.2. The average molecular weight is 828 g/mol. The standard InChI is InChI=1S/C54H112ClP/c1-5-6-7-8-9-10-11-12-13-14-15-16-17-18-19-20-21-22-23-24-25-26-27-28-29-30-31-32-33-34-35-36-37-38-39-40-41-42-43-44-45-46-47-48-49-50-51-52-53-54-56(2,3,4)55/h5-54H2,1-4H3. The zero-order valence-corrected chi connectivity index (χ0v) is 41.8.